The number of methoxy groups -OCH3 is 2. The normalized spacial score (nSPS) is 10.6. The summed E-state index contributed by atoms with van der Waals surface area (Å²) in [5.74, 6) is -0.0832. The van der Waals surface area contributed by atoms with Crippen LogP contribution >= 0.6 is 0 Å². The van der Waals surface area contributed by atoms with Crippen molar-refractivity contribution >= 4 is 23.7 Å². The SMILES string of the molecule is COc1cc(/C=C/C(=O)CC(=O)/C=C/c2ccc(O)c(OC)c2)ccc1O.c1cnoc1. The van der Waals surface area contributed by atoms with Crippen LogP contribution in [0.4, 0.5) is 0 Å². The van der Waals surface area contributed by atoms with E-state index in [1.54, 1.807) is 48.7 Å². The molecule has 1 aromatic heterocycles. The summed E-state index contributed by atoms with van der Waals surface area (Å²) in [7, 11) is 2.87. The highest BCUT2D eigenvalue weighted by Crippen LogP contribution is 2.27. The van der Waals surface area contributed by atoms with Crippen molar-refractivity contribution in [2.24, 2.45) is 0 Å². The van der Waals surface area contributed by atoms with Gasteiger partial charge in [0.15, 0.2) is 34.6 Å². The standard InChI is InChI=1S/C21H20O6.C3H3NO/c1-26-20-11-14(5-9-18(20)24)3-7-16(22)13-17(23)8-4-15-6-10-19(25)21(12-15)27-2;1-2-4-5-3-1/h3-12,24-25H,13H2,1-2H3;1-3H/b7-3+,8-4+;. The average Bonchev–Trinajstić information content (AvgIpc) is 3.38. The van der Waals surface area contributed by atoms with Gasteiger partial charge in [-0.15, -0.1) is 0 Å². The Kier molecular flexibility index (Phi) is 9.27. The molecule has 2 N–H and O–H groups in total. The van der Waals surface area contributed by atoms with Crippen LogP contribution < -0.4 is 9.47 Å². The van der Waals surface area contributed by atoms with Crippen LogP contribution in [0.5, 0.6) is 23.0 Å². The Morgan fingerprint density at radius 1 is 0.906 bits per heavy atom. The van der Waals surface area contributed by atoms with Gasteiger partial charge in [-0.2, -0.15) is 0 Å². The second kappa shape index (κ2) is 12.4. The number of ketones is 2. The van der Waals surface area contributed by atoms with Crippen molar-refractivity contribution in [1.29, 1.82) is 0 Å². The van der Waals surface area contributed by atoms with Crippen LogP contribution in [0.3, 0.4) is 0 Å². The average molecular weight is 437 g/mol. The Hall–Kier alpha value is -4.33. The number of allylic oxidation sites excluding steroid dienone is 2. The molecule has 8 heteroatoms. The first-order valence-corrected chi connectivity index (χ1v) is 9.43. The van der Waals surface area contributed by atoms with E-state index in [4.69, 9.17) is 9.47 Å². The molecule has 1 heterocycles. The number of hydrogen-bond acceptors (Lipinski definition) is 8. The lowest BCUT2D eigenvalue weighted by atomic mass is 10.1. The molecule has 0 bridgehead atoms. The second-order valence-corrected chi connectivity index (χ2v) is 6.33. The first-order chi connectivity index (χ1) is 15.4. The van der Waals surface area contributed by atoms with Crippen LogP contribution in [0, 0.1) is 0 Å². The molecule has 0 saturated heterocycles. The molecular formula is C24H23NO7. The molecule has 0 aliphatic carbocycles. The summed E-state index contributed by atoms with van der Waals surface area (Å²) in [4.78, 5) is 23.9. The van der Waals surface area contributed by atoms with Crippen molar-refractivity contribution in [3.8, 4) is 23.0 Å². The molecule has 0 saturated carbocycles. The van der Waals surface area contributed by atoms with Gasteiger partial charge in [-0.05, 0) is 53.6 Å². The number of rotatable bonds is 8. The van der Waals surface area contributed by atoms with E-state index < -0.39 is 0 Å². The van der Waals surface area contributed by atoms with Gasteiger partial charge >= 0.3 is 0 Å². The number of aromatic nitrogens is 1. The van der Waals surface area contributed by atoms with Gasteiger partial charge in [0, 0.05) is 0 Å². The number of nitrogens with zero attached hydrogens (tertiary/aromatic N) is 1. The largest absolute Gasteiger partial charge is 0.504 e. The van der Waals surface area contributed by atoms with Gasteiger partial charge in [0.05, 0.1) is 26.8 Å². The zero-order valence-corrected chi connectivity index (χ0v) is 17.6. The van der Waals surface area contributed by atoms with E-state index in [-0.39, 0.29) is 29.5 Å². The van der Waals surface area contributed by atoms with E-state index in [1.807, 2.05) is 0 Å². The highest BCUT2D eigenvalue weighted by Gasteiger charge is 2.06. The molecule has 166 valence electrons. The Balaban J connectivity index is 0.000000636. The van der Waals surface area contributed by atoms with Crippen molar-refractivity contribution in [2.75, 3.05) is 14.2 Å². The third-order valence-electron chi connectivity index (χ3n) is 4.03. The lowest BCUT2D eigenvalue weighted by Crippen LogP contribution is -2.01. The molecule has 3 aromatic rings. The van der Waals surface area contributed by atoms with E-state index in [0.717, 1.165) is 0 Å². The van der Waals surface area contributed by atoms with E-state index in [0.29, 0.717) is 22.6 Å². The Morgan fingerprint density at radius 3 is 1.75 bits per heavy atom. The molecule has 0 radical (unpaired) electrons. The Bertz CT molecular complexity index is 995. The molecule has 0 amide bonds. The fourth-order valence-electron chi connectivity index (χ4n) is 2.44. The van der Waals surface area contributed by atoms with E-state index in [1.165, 1.54) is 44.8 Å². The lowest BCUT2D eigenvalue weighted by Gasteiger charge is -2.03. The zero-order valence-electron chi connectivity index (χ0n) is 17.6. The van der Waals surface area contributed by atoms with Crippen LogP contribution in [-0.4, -0.2) is 41.2 Å². The number of hydrogen-bond donors (Lipinski definition) is 2. The summed E-state index contributed by atoms with van der Waals surface area (Å²) in [5, 5.41) is 22.4. The van der Waals surface area contributed by atoms with Crippen LogP contribution in [-0.2, 0) is 9.59 Å². The van der Waals surface area contributed by atoms with Gasteiger partial charge in [0.1, 0.15) is 6.26 Å². The second-order valence-electron chi connectivity index (χ2n) is 6.33. The molecule has 0 unspecified atom stereocenters. The third-order valence-corrected chi connectivity index (χ3v) is 4.03. The molecule has 3 rings (SSSR count). The van der Waals surface area contributed by atoms with Gasteiger partial charge < -0.3 is 24.2 Å². The molecule has 0 atom stereocenters. The summed E-state index contributed by atoms with van der Waals surface area (Å²) in [5.41, 5.74) is 1.33. The van der Waals surface area contributed by atoms with Crippen molar-refractivity contribution in [1.82, 2.24) is 5.16 Å². The van der Waals surface area contributed by atoms with Crippen molar-refractivity contribution in [3.05, 3.63) is 78.2 Å². The van der Waals surface area contributed by atoms with Gasteiger partial charge in [-0.1, -0.05) is 29.4 Å². The number of aromatic hydroxyl groups is 2. The smallest absolute Gasteiger partial charge is 0.163 e. The monoisotopic (exact) mass is 437 g/mol. The van der Waals surface area contributed by atoms with Crippen molar-refractivity contribution < 1.29 is 33.8 Å². The summed E-state index contributed by atoms with van der Waals surface area (Å²) < 4.78 is 14.3. The number of phenols is 2. The number of ether oxygens (including phenoxy) is 2. The van der Waals surface area contributed by atoms with Crippen molar-refractivity contribution in [3.63, 3.8) is 0 Å². The first-order valence-electron chi connectivity index (χ1n) is 9.43. The Morgan fingerprint density at radius 2 is 1.41 bits per heavy atom. The highest BCUT2D eigenvalue weighted by molar-refractivity contribution is 6.10. The number of carbonyl (C=O) groups is 2. The number of phenolic OH excluding ortho intramolecular Hbond substituents is 2. The predicted molar refractivity (Wildman–Crippen MR) is 119 cm³/mol. The van der Waals surface area contributed by atoms with Gasteiger partial charge in [0.25, 0.3) is 0 Å². The van der Waals surface area contributed by atoms with Crippen molar-refractivity contribution in [2.45, 2.75) is 6.42 Å². The predicted octanol–water partition coefficient (Wildman–Crippen LogP) is 4.04. The molecule has 8 nitrogen and oxygen atoms in total. The maximum atomic E-state index is 11.9. The number of benzene rings is 2. The topological polar surface area (TPSA) is 119 Å². The van der Waals surface area contributed by atoms with E-state index in [9.17, 15) is 19.8 Å². The first kappa shape index (κ1) is 23.9. The summed E-state index contributed by atoms with van der Waals surface area (Å²) in [6.07, 6.45) is 8.54. The zero-order chi connectivity index (χ0) is 23.3. The van der Waals surface area contributed by atoms with Crippen LogP contribution in [0.1, 0.15) is 17.5 Å². The molecule has 2 aromatic carbocycles. The maximum absolute atomic E-state index is 11.9. The molecule has 32 heavy (non-hydrogen) atoms. The summed E-state index contributed by atoms with van der Waals surface area (Å²) in [6.45, 7) is 0. The van der Waals surface area contributed by atoms with Crippen LogP contribution in [0.2, 0.25) is 0 Å². The minimum Gasteiger partial charge on any atom is -0.504 e. The van der Waals surface area contributed by atoms with Gasteiger partial charge in [0.2, 0.25) is 0 Å². The molecule has 0 aliphatic rings. The van der Waals surface area contributed by atoms with Crippen LogP contribution in [0.25, 0.3) is 12.2 Å². The minimum atomic E-state index is -0.347. The highest BCUT2D eigenvalue weighted by atomic mass is 16.5. The quantitative estimate of drug-likeness (QED) is 0.400. The fraction of sp³-hybridized carbons (Fsp3) is 0.125. The van der Waals surface area contributed by atoms with Gasteiger partial charge in [-0.25, -0.2) is 0 Å². The van der Waals surface area contributed by atoms with E-state index in [2.05, 4.69) is 9.68 Å². The fourth-order valence-corrected chi connectivity index (χ4v) is 2.44. The maximum Gasteiger partial charge on any atom is 0.163 e. The van der Waals surface area contributed by atoms with E-state index >= 15 is 0 Å². The van der Waals surface area contributed by atoms with Crippen LogP contribution in [0.15, 0.2) is 71.6 Å². The number of carbonyl (C=O) groups excluding carboxylic acids is 2. The molecule has 0 fully saturated rings. The summed E-state index contributed by atoms with van der Waals surface area (Å²) in [6, 6.07) is 11.1. The molecular weight excluding hydrogens is 414 g/mol. The molecule has 0 aliphatic heterocycles. The minimum absolute atomic E-state index is 0.00662. The van der Waals surface area contributed by atoms with Gasteiger partial charge in [-0.3, -0.25) is 9.59 Å². The Labute approximate surface area is 185 Å². The summed E-state index contributed by atoms with van der Waals surface area (Å²) >= 11 is 0. The molecule has 0 spiro atoms. The lowest BCUT2D eigenvalue weighted by molar-refractivity contribution is -0.121. The third kappa shape index (κ3) is 7.83.